The summed E-state index contributed by atoms with van der Waals surface area (Å²) in [5.74, 6) is 0.781. The van der Waals surface area contributed by atoms with Crippen LogP contribution in [0.2, 0.25) is 0 Å². The van der Waals surface area contributed by atoms with E-state index in [9.17, 15) is 10.1 Å². The van der Waals surface area contributed by atoms with Crippen molar-refractivity contribution >= 4 is 6.08 Å². The molecule has 0 unspecified atom stereocenters. The maximum Gasteiger partial charge on any atom is 0.243 e. The van der Waals surface area contributed by atoms with Gasteiger partial charge in [-0.15, -0.1) is 0 Å². The van der Waals surface area contributed by atoms with Gasteiger partial charge in [0.2, 0.25) is 5.70 Å². The molecule has 0 fully saturated rings. The van der Waals surface area contributed by atoms with Crippen LogP contribution in [-0.4, -0.2) is 12.0 Å². The van der Waals surface area contributed by atoms with Crippen LogP contribution in [-0.2, 0) is 12.8 Å². The molecule has 0 bridgehead atoms. The number of hydrogen-bond acceptors (Lipinski definition) is 3. The maximum atomic E-state index is 10.7. The molecule has 0 spiro atoms. The molecular formula is C19H21NO3. The fourth-order valence-electron chi connectivity index (χ4n) is 2.48. The predicted molar refractivity (Wildman–Crippen MR) is 92.1 cm³/mol. The molecular weight excluding hydrogens is 290 g/mol. The molecule has 120 valence electrons. The highest BCUT2D eigenvalue weighted by Gasteiger charge is 2.07. The normalized spacial score (nSPS) is 11.3. The van der Waals surface area contributed by atoms with E-state index in [0.29, 0.717) is 0 Å². The quantitative estimate of drug-likeness (QED) is 0.558. The second-order valence-corrected chi connectivity index (χ2v) is 5.45. The van der Waals surface area contributed by atoms with Crippen molar-refractivity contribution in [1.82, 2.24) is 0 Å². The molecule has 4 nitrogen and oxygen atoms in total. The van der Waals surface area contributed by atoms with Gasteiger partial charge in [-0.2, -0.15) is 0 Å². The summed E-state index contributed by atoms with van der Waals surface area (Å²) in [5, 5.41) is 10.7. The minimum absolute atomic E-state index is 0.115. The first-order valence-corrected chi connectivity index (χ1v) is 7.63. The minimum atomic E-state index is -0.389. The first-order chi connectivity index (χ1) is 11.1. The second-order valence-electron chi connectivity index (χ2n) is 5.45. The first kappa shape index (κ1) is 16.7. The lowest BCUT2D eigenvalue weighted by atomic mass is 10.0. The number of hydrogen-bond donors (Lipinski definition) is 0. The summed E-state index contributed by atoms with van der Waals surface area (Å²) >= 11 is 0. The molecule has 0 radical (unpaired) electrons. The molecule has 0 heterocycles. The zero-order chi connectivity index (χ0) is 16.7. The Hall–Kier alpha value is -2.62. The van der Waals surface area contributed by atoms with E-state index in [-0.39, 0.29) is 10.6 Å². The zero-order valence-corrected chi connectivity index (χ0v) is 13.5. The molecule has 0 aliphatic rings. The molecule has 0 amide bonds. The number of allylic oxidation sites excluding steroid dienone is 1. The van der Waals surface area contributed by atoms with Gasteiger partial charge < -0.3 is 4.74 Å². The molecule has 2 rings (SSSR count). The first-order valence-electron chi connectivity index (χ1n) is 7.63. The van der Waals surface area contributed by atoms with Crippen LogP contribution >= 0.6 is 0 Å². The average molecular weight is 311 g/mol. The summed E-state index contributed by atoms with van der Waals surface area (Å²) in [4.78, 5) is 10.3. The van der Waals surface area contributed by atoms with Crippen molar-refractivity contribution in [2.75, 3.05) is 7.11 Å². The topological polar surface area (TPSA) is 52.4 Å². The van der Waals surface area contributed by atoms with Crippen molar-refractivity contribution in [3.05, 3.63) is 81.0 Å². The van der Waals surface area contributed by atoms with Crippen LogP contribution in [0.1, 0.15) is 30.0 Å². The number of benzene rings is 2. The molecule has 0 atom stereocenters. The Kier molecular flexibility index (Phi) is 5.92. The smallest absolute Gasteiger partial charge is 0.243 e. The Morgan fingerprint density at radius 1 is 1.17 bits per heavy atom. The van der Waals surface area contributed by atoms with Crippen molar-refractivity contribution in [1.29, 1.82) is 0 Å². The second kappa shape index (κ2) is 8.13. The molecule has 2 aromatic rings. The highest BCUT2D eigenvalue weighted by Crippen LogP contribution is 2.23. The lowest BCUT2D eigenvalue weighted by molar-refractivity contribution is -0.422. The molecule has 23 heavy (non-hydrogen) atoms. The summed E-state index contributed by atoms with van der Waals surface area (Å²) in [6.45, 7) is 1.49. The molecule has 0 saturated heterocycles. The van der Waals surface area contributed by atoms with Crippen molar-refractivity contribution in [2.24, 2.45) is 0 Å². The van der Waals surface area contributed by atoms with Gasteiger partial charge in [0.15, 0.2) is 0 Å². The molecule has 0 aliphatic carbocycles. The van der Waals surface area contributed by atoms with Crippen LogP contribution < -0.4 is 4.74 Å². The van der Waals surface area contributed by atoms with E-state index in [2.05, 4.69) is 24.3 Å². The van der Waals surface area contributed by atoms with E-state index in [1.807, 2.05) is 24.3 Å². The minimum Gasteiger partial charge on any atom is -0.496 e. The Morgan fingerprint density at radius 3 is 2.57 bits per heavy atom. The zero-order valence-electron chi connectivity index (χ0n) is 13.5. The maximum absolute atomic E-state index is 10.7. The fraction of sp³-hybridized carbons (Fsp3) is 0.263. The third kappa shape index (κ3) is 4.95. The van der Waals surface area contributed by atoms with Crippen LogP contribution in [0.3, 0.4) is 0 Å². The number of ether oxygens (including phenoxy) is 1. The Balaban J connectivity index is 2.05. The van der Waals surface area contributed by atoms with E-state index in [1.54, 1.807) is 13.2 Å². The van der Waals surface area contributed by atoms with Crippen LogP contribution in [0.15, 0.2) is 54.2 Å². The van der Waals surface area contributed by atoms with Gasteiger partial charge in [0.25, 0.3) is 0 Å². The Bertz CT molecular complexity index is 693. The van der Waals surface area contributed by atoms with Crippen molar-refractivity contribution < 1.29 is 9.66 Å². The monoisotopic (exact) mass is 311 g/mol. The molecule has 0 aliphatic heterocycles. The lowest BCUT2D eigenvalue weighted by Crippen LogP contribution is -1.96. The third-order valence-electron chi connectivity index (χ3n) is 3.73. The van der Waals surface area contributed by atoms with E-state index >= 15 is 0 Å². The van der Waals surface area contributed by atoms with Crippen LogP contribution in [0.25, 0.3) is 6.08 Å². The Morgan fingerprint density at radius 2 is 1.91 bits per heavy atom. The number of aryl methyl sites for hydroxylation is 2. The van der Waals surface area contributed by atoms with Crippen molar-refractivity contribution in [2.45, 2.75) is 26.2 Å². The highest BCUT2D eigenvalue weighted by molar-refractivity contribution is 5.55. The molecule has 0 aromatic heterocycles. The Labute approximate surface area is 136 Å². The molecule has 0 N–H and O–H groups in total. The number of nitro groups is 1. The molecule has 0 saturated carbocycles. The van der Waals surface area contributed by atoms with Gasteiger partial charge in [-0.3, -0.25) is 10.1 Å². The summed E-state index contributed by atoms with van der Waals surface area (Å²) in [6.07, 6.45) is 4.52. The van der Waals surface area contributed by atoms with E-state index in [1.165, 1.54) is 12.5 Å². The number of nitrogens with zero attached hydrogens (tertiary/aromatic N) is 1. The van der Waals surface area contributed by atoms with Crippen LogP contribution in [0.5, 0.6) is 5.75 Å². The molecule has 4 heteroatoms. The summed E-state index contributed by atoms with van der Waals surface area (Å²) < 4.78 is 5.43. The van der Waals surface area contributed by atoms with Gasteiger partial charge >= 0.3 is 0 Å². The van der Waals surface area contributed by atoms with E-state index < -0.39 is 0 Å². The highest BCUT2D eigenvalue weighted by atomic mass is 16.6. The van der Waals surface area contributed by atoms with Gasteiger partial charge in [-0.1, -0.05) is 42.5 Å². The number of methoxy groups -OCH3 is 1. The number of rotatable bonds is 7. The standard InChI is InChI=1S/C19H21NO3/c1-15(20(21)22)13-17-11-12-18(19(14-17)23-2)10-6-9-16-7-4-3-5-8-16/h3-5,7-8,11-14H,6,9-10H2,1-2H3/b15-13+. The van der Waals surface area contributed by atoms with Crippen LogP contribution in [0.4, 0.5) is 0 Å². The van der Waals surface area contributed by atoms with Crippen molar-refractivity contribution in [3.8, 4) is 5.75 Å². The van der Waals surface area contributed by atoms with Gasteiger partial charge in [0.05, 0.1) is 12.0 Å². The van der Waals surface area contributed by atoms with Crippen LogP contribution in [0, 0.1) is 10.1 Å². The summed E-state index contributed by atoms with van der Waals surface area (Å²) in [5.41, 5.74) is 3.35. The molecule has 2 aromatic carbocycles. The van der Waals surface area contributed by atoms with E-state index in [0.717, 1.165) is 36.1 Å². The fourth-order valence-corrected chi connectivity index (χ4v) is 2.48. The predicted octanol–water partition coefficient (Wildman–Crippen LogP) is 4.51. The van der Waals surface area contributed by atoms with Gasteiger partial charge in [-0.05, 0) is 42.0 Å². The summed E-state index contributed by atoms with van der Waals surface area (Å²) in [6, 6.07) is 16.1. The average Bonchev–Trinajstić information content (AvgIpc) is 2.56. The SMILES string of the molecule is COc1cc(/C=C(\C)[N+](=O)[O-])ccc1CCCc1ccccc1. The lowest BCUT2D eigenvalue weighted by Gasteiger charge is -2.09. The van der Waals surface area contributed by atoms with Gasteiger partial charge in [0.1, 0.15) is 5.75 Å². The van der Waals surface area contributed by atoms with E-state index in [4.69, 9.17) is 4.74 Å². The van der Waals surface area contributed by atoms with Crippen molar-refractivity contribution in [3.63, 3.8) is 0 Å². The summed E-state index contributed by atoms with van der Waals surface area (Å²) in [7, 11) is 1.63. The third-order valence-corrected chi connectivity index (χ3v) is 3.73. The van der Waals surface area contributed by atoms with Gasteiger partial charge in [-0.25, -0.2) is 0 Å². The van der Waals surface area contributed by atoms with Gasteiger partial charge in [0, 0.05) is 13.0 Å². The largest absolute Gasteiger partial charge is 0.496 e.